The minimum absolute atomic E-state index is 0.469. The Hall–Kier alpha value is -1.23. The van der Waals surface area contributed by atoms with Gasteiger partial charge in [-0.15, -0.1) is 11.3 Å². The van der Waals surface area contributed by atoms with Gasteiger partial charge in [-0.25, -0.2) is 0 Å². The van der Waals surface area contributed by atoms with Gasteiger partial charge in [0.2, 0.25) is 0 Å². The zero-order valence-electron chi connectivity index (χ0n) is 8.84. The molecular formula is C12H14N2OS. The molecule has 0 aromatic carbocycles. The Bertz CT molecular complexity index is 402. The van der Waals surface area contributed by atoms with Crippen molar-refractivity contribution < 1.29 is 5.11 Å². The minimum atomic E-state index is -0.469. The molecule has 0 aliphatic rings. The second-order valence-electron chi connectivity index (χ2n) is 3.51. The van der Waals surface area contributed by atoms with E-state index in [9.17, 15) is 5.11 Å². The molecule has 2 rings (SSSR count). The maximum atomic E-state index is 9.86. The summed E-state index contributed by atoms with van der Waals surface area (Å²) in [6, 6.07) is 7.77. The van der Waals surface area contributed by atoms with E-state index in [-0.39, 0.29) is 0 Å². The van der Waals surface area contributed by atoms with E-state index in [0.717, 1.165) is 12.1 Å². The molecule has 0 saturated carbocycles. The topological polar surface area (TPSA) is 45.1 Å². The Balaban J connectivity index is 1.78. The maximum absolute atomic E-state index is 9.86. The molecular weight excluding hydrogens is 220 g/mol. The second kappa shape index (κ2) is 5.75. The minimum Gasteiger partial charge on any atom is -0.387 e. The fraction of sp³-hybridized carbons (Fsp3) is 0.250. The number of rotatable bonds is 5. The zero-order valence-corrected chi connectivity index (χ0v) is 9.65. The molecule has 0 radical (unpaired) electrons. The monoisotopic (exact) mass is 234 g/mol. The van der Waals surface area contributed by atoms with Crippen LogP contribution in [0.15, 0.2) is 42.0 Å². The SMILES string of the molecule is OC(CNCc1cccs1)c1ccncc1. The van der Waals surface area contributed by atoms with Crippen molar-refractivity contribution in [2.24, 2.45) is 0 Å². The molecule has 0 fully saturated rings. The lowest BCUT2D eigenvalue weighted by Crippen LogP contribution is -2.20. The smallest absolute Gasteiger partial charge is 0.0915 e. The van der Waals surface area contributed by atoms with Gasteiger partial charge >= 0.3 is 0 Å². The number of aliphatic hydroxyl groups excluding tert-OH is 1. The van der Waals surface area contributed by atoms with E-state index in [2.05, 4.69) is 21.7 Å². The molecule has 0 bridgehead atoms. The van der Waals surface area contributed by atoms with Crippen LogP contribution >= 0.6 is 11.3 Å². The van der Waals surface area contributed by atoms with Crippen LogP contribution in [-0.2, 0) is 6.54 Å². The first-order chi connectivity index (χ1) is 7.86. The molecule has 0 aliphatic carbocycles. The fourth-order valence-corrected chi connectivity index (χ4v) is 2.12. The predicted molar refractivity (Wildman–Crippen MR) is 65.2 cm³/mol. The van der Waals surface area contributed by atoms with E-state index in [1.165, 1.54) is 4.88 Å². The van der Waals surface area contributed by atoms with Crippen LogP contribution in [0.2, 0.25) is 0 Å². The van der Waals surface area contributed by atoms with Gasteiger partial charge < -0.3 is 10.4 Å². The summed E-state index contributed by atoms with van der Waals surface area (Å²) in [6.07, 6.45) is 2.92. The summed E-state index contributed by atoms with van der Waals surface area (Å²) in [7, 11) is 0. The number of aliphatic hydroxyl groups is 1. The lowest BCUT2D eigenvalue weighted by Gasteiger charge is -2.11. The van der Waals surface area contributed by atoms with Gasteiger partial charge in [0.15, 0.2) is 0 Å². The molecule has 0 spiro atoms. The van der Waals surface area contributed by atoms with Crippen molar-refractivity contribution in [2.75, 3.05) is 6.54 Å². The molecule has 2 heterocycles. The molecule has 2 aromatic heterocycles. The predicted octanol–water partition coefficient (Wildman–Crippen LogP) is 1.97. The van der Waals surface area contributed by atoms with E-state index in [1.54, 1.807) is 23.7 Å². The highest BCUT2D eigenvalue weighted by molar-refractivity contribution is 7.09. The molecule has 1 unspecified atom stereocenters. The summed E-state index contributed by atoms with van der Waals surface area (Å²) in [5, 5.41) is 15.1. The van der Waals surface area contributed by atoms with Gasteiger partial charge in [0.1, 0.15) is 0 Å². The first-order valence-electron chi connectivity index (χ1n) is 5.17. The number of thiophene rings is 1. The lowest BCUT2D eigenvalue weighted by atomic mass is 10.1. The average molecular weight is 234 g/mol. The molecule has 4 heteroatoms. The summed E-state index contributed by atoms with van der Waals surface area (Å²) >= 11 is 1.72. The third-order valence-corrected chi connectivity index (χ3v) is 3.18. The molecule has 3 nitrogen and oxygen atoms in total. The number of hydrogen-bond donors (Lipinski definition) is 2. The summed E-state index contributed by atoms with van der Waals surface area (Å²) in [4.78, 5) is 5.20. The van der Waals surface area contributed by atoms with Gasteiger partial charge in [-0.3, -0.25) is 4.98 Å². The molecule has 2 aromatic rings. The molecule has 84 valence electrons. The number of hydrogen-bond acceptors (Lipinski definition) is 4. The molecule has 1 atom stereocenters. The van der Waals surface area contributed by atoms with Crippen molar-refractivity contribution in [3.8, 4) is 0 Å². The number of pyridine rings is 1. The van der Waals surface area contributed by atoms with Gasteiger partial charge in [0, 0.05) is 30.4 Å². The van der Waals surface area contributed by atoms with Crippen molar-refractivity contribution in [1.29, 1.82) is 0 Å². The molecule has 2 N–H and O–H groups in total. The summed E-state index contributed by atoms with van der Waals surface area (Å²) in [5.41, 5.74) is 0.897. The highest BCUT2D eigenvalue weighted by Gasteiger charge is 2.05. The van der Waals surface area contributed by atoms with Crippen molar-refractivity contribution in [2.45, 2.75) is 12.6 Å². The van der Waals surface area contributed by atoms with Gasteiger partial charge in [0.25, 0.3) is 0 Å². The standard InChI is InChI=1S/C12H14N2OS/c15-12(10-3-5-13-6-4-10)9-14-8-11-2-1-7-16-11/h1-7,12,14-15H,8-9H2. The largest absolute Gasteiger partial charge is 0.387 e. The van der Waals surface area contributed by atoms with E-state index in [0.29, 0.717) is 6.54 Å². The average Bonchev–Trinajstić information content (AvgIpc) is 2.83. The van der Waals surface area contributed by atoms with E-state index >= 15 is 0 Å². The van der Waals surface area contributed by atoms with Crippen LogP contribution in [0.4, 0.5) is 0 Å². The van der Waals surface area contributed by atoms with E-state index in [4.69, 9.17) is 0 Å². The quantitative estimate of drug-likeness (QED) is 0.831. The number of aromatic nitrogens is 1. The molecule has 0 aliphatic heterocycles. The first kappa shape index (κ1) is 11.3. The first-order valence-corrected chi connectivity index (χ1v) is 6.05. The van der Waals surface area contributed by atoms with Crippen molar-refractivity contribution in [3.05, 3.63) is 52.5 Å². The highest BCUT2D eigenvalue weighted by atomic mass is 32.1. The lowest BCUT2D eigenvalue weighted by molar-refractivity contribution is 0.174. The van der Waals surface area contributed by atoms with Crippen LogP contribution < -0.4 is 5.32 Å². The highest BCUT2D eigenvalue weighted by Crippen LogP contribution is 2.11. The zero-order chi connectivity index (χ0) is 11.2. The second-order valence-corrected chi connectivity index (χ2v) is 4.54. The number of nitrogens with zero attached hydrogens (tertiary/aromatic N) is 1. The fourth-order valence-electron chi connectivity index (χ4n) is 1.45. The van der Waals surface area contributed by atoms with Crippen LogP contribution in [0, 0.1) is 0 Å². The van der Waals surface area contributed by atoms with Crippen LogP contribution in [0.25, 0.3) is 0 Å². The van der Waals surface area contributed by atoms with Crippen LogP contribution in [0.5, 0.6) is 0 Å². The normalized spacial score (nSPS) is 12.6. The van der Waals surface area contributed by atoms with E-state index < -0.39 is 6.10 Å². The molecule has 16 heavy (non-hydrogen) atoms. The van der Waals surface area contributed by atoms with Crippen molar-refractivity contribution in [1.82, 2.24) is 10.3 Å². The van der Waals surface area contributed by atoms with Crippen molar-refractivity contribution in [3.63, 3.8) is 0 Å². The van der Waals surface area contributed by atoms with Crippen molar-refractivity contribution >= 4 is 11.3 Å². The van der Waals surface area contributed by atoms with Crippen LogP contribution in [-0.4, -0.2) is 16.6 Å². The summed E-state index contributed by atoms with van der Waals surface area (Å²) in [6.45, 7) is 1.36. The Morgan fingerprint density at radius 1 is 1.31 bits per heavy atom. The Morgan fingerprint density at radius 3 is 2.81 bits per heavy atom. The Morgan fingerprint density at radius 2 is 2.12 bits per heavy atom. The van der Waals surface area contributed by atoms with E-state index in [1.807, 2.05) is 18.2 Å². The summed E-state index contributed by atoms with van der Waals surface area (Å²) < 4.78 is 0. The van der Waals surface area contributed by atoms with Crippen LogP contribution in [0.3, 0.4) is 0 Å². The van der Waals surface area contributed by atoms with Crippen LogP contribution in [0.1, 0.15) is 16.5 Å². The maximum Gasteiger partial charge on any atom is 0.0915 e. The third-order valence-electron chi connectivity index (χ3n) is 2.31. The van der Waals surface area contributed by atoms with Gasteiger partial charge in [0.05, 0.1) is 6.10 Å². The third kappa shape index (κ3) is 3.13. The Kier molecular flexibility index (Phi) is 4.04. The van der Waals surface area contributed by atoms with Gasteiger partial charge in [-0.2, -0.15) is 0 Å². The summed E-state index contributed by atoms with van der Waals surface area (Å²) in [5.74, 6) is 0. The molecule has 0 amide bonds. The van der Waals surface area contributed by atoms with Gasteiger partial charge in [-0.05, 0) is 29.1 Å². The molecule has 0 saturated heterocycles. The van der Waals surface area contributed by atoms with Gasteiger partial charge in [-0.1, -0.05) is 6.07 Å². The number of nitrogens with one attached hydrogen (secondary N) is 1. The Labute approximate surface area is 98.8 Å².